The fourth-order valence-electron chi connectivity index (χ4n) is 0.447. The van der Waals surface area contributed by atoms with E-state index < -0.39 is 5.97 Å². The van der Waals surface area contributed by atoms with E-state index >= 15 is 0 Å². The zero-order chi connectivity index (χ0) is 7.40. The predicted octanol–water partition coefficient (Wildman–Crippen LogP) is -0.0975. The average Bonchev–Trinajstić information content (AvgIpc) is 2.34. The predicted molar refractivity (Wildman–Crippen MR) is 33.1 cm³/mol. The lowest BCUT2D eigenvalue weighted by Gasteiger charge is -1.76. The van der Waals surface area contributed by atoms with E-state index in [0.29, 0.717) is 5.69 Å². The van der Waals surface area contributed by atoms with Crippen LogP contribution in [0.5, 0.6) is 0 Å². The molecule has 0 fully saturated rings. The van der Waals surface area contributed by atoms with Crippen LogP contribution in [-0.4, -0.2) is 26.5 Å². The van der Waals surface area contributed by atoms with Gasteiger partial charge in [-0.25, -0.2) is 4.79 Å². The summed E-state index contributed by atoms with van der Waals surface area (Å²) in [6, 6.07) is 0. The summed E-state index contributed by atoms with van der Waals surface area (Å²) in [5.41, 5.74) is 0.502. The number of carbonyl (C=O) groups is 1. The van der Waals surface area contributed by atoms with Crippen LogP contribution in [0.15, 0.2) is 12.3 Å². The molecule has 0 amide bonds. The highest BCUT2D eigenvalue weighted by Crippen LogP contribution is 1.90. The van der Waals surface area contributed by atoms with E-state index in [-0.39, 0.29) is 0 Å². The van der Waals surface area contributed by atoms with E-state index in [9.17, 15) is 4.79 Å². The second-order valence-electron chi connectivity index (χ2n) is 1.57. The van der Waals surface area contributed by atoms with Crippen LogP contribution in [0.4, 0.5) is 0 Å². The van der Waals surface area contributed by atoms with Gasteiger partial charge in [0.2, 0.25) is 0 Å². The molecular weight excluding hydrogens is 134 g/mol. The molecule has 0 aliphatic carbocycles. The Hall–Kier alpha value is -1.65. The maximum absolute atomic E-state index is 9.95. The molecule has 0 aromatic carbocycles. The largest absolute Gasteiger partial charge is 0.478 e. The Morgan fingerprint density at radius 2 is 2.60 bits per heavy atom. The minimum absolute atomic E-state index is 0.502. The highest BCUT2D eigenvalue weighted by molar-refractivity contribution is 5.84. The number of carboxylic acids is 1. The Kier molecular flexibility index (Phi) is 1.79. The monoisotopic (exact) mass is 139 g/mol. The lowest BCUT2D eigenvalue weighted by atomic mass is 10.4. The van der Waals surface area contributed by atoms with Gasteiger partial charge in [0.05, 0.1) is 6.20 Å². The molecule has 0 saturated heterocycles. The van der Waals surface area contributed by atoms with Gasteiger partial charge in [-0.3, -0.25) is 0 Å². The number of aliphatic carboxylic acids is 1. The third-order valence-corrected chi connectivity index (χ3v) is 0.830. The van der Waals surface area contributed by atoms with Gasteiger partial charge in [-0.1, -0.05) is 0 Å². The molecule has 1 heterocycles. The normalized spacial score (nSPS) is 10.4. The minimum atomic E-state index is -0.997. The maximum atomic E-state index is 9.95. The number of nitrogens with one attached hydrogen (secondary N) is 1. The molecule has 0 atom stereocenters. The number of nitrogens with zero attached hydrogens (tertiary/aromatic N) is 2. The van der Waals surface area contributed by atoms with Gasteiger partial charge in [-0.15, -0.1) is 0 Å². The van der Waals surface area contributed by atoms with Gasteiger partial charge in [0.25, 0.3) is 0 Å². The first-order valence-corrected chi connectivity index (χ1v) is 2.56. The van der Waals surface area contributed by atoms with E-state index in [1.54, 1.807) is 0 Å². The van der Waals surface area contributed by atoms with Crippen molar-refractivity contribution in [3.8, 4) is 0 Å². The summed E-state index contributed by atoms with van der Waals surface area (Å²) in [6.45, 7) is 0. The van der Waals surface area contributed by atoms with Crippen molar-refractivity contribution >= 4 is 12.0 Å². The SMILES string of the molecule is O=C(O)/C=C/c1cn[nH]n1. The van der Waals surface area contributed by atoms with Crippen molar-refractivity contribution in [3.63, 3.8) is 0 Å². The van der Waals surface area contributed by atoms with Crippen molar-refractivity contribution in [2.45, 2.75) is 0 Å². The van der Waals surface area contributed by atoms with Crippen LogP contribution in [0.2, 0.25) is 0 Å². The van der Waals surface area contributed by atoms with Crippen LogP contribution < -0.4 is 0 Å². The summed E-state index contributed by atoms with van der Waals surface area (Å²) in [5.74, 6) is -0.997. The number of hydrogen-bond acceptors (Lipinski definition) is 3. The van der Waals surface area contributed by atoms with Gasteiger partial charge < -0.3 is 5.11 Å². The second-order valence-corrected chi connectivity index (χ2v) is 1.57. The van der Waals surface area contributed by atoms with Crippen molar-refractivity contribution < 1.29 is 9.90 Å². The van der Waals surface area contributed by atoms with Gasteiger partial charge in [0, 0.05) is 6.08 Å². The highest BCUT2D eigenvalue weighted by Gasteiger charge is 1.89. The van der Waals surface area contributed by atoms with Crippen molar-refractivity contribution in [2.24, 2.45) is 0 Å². The first kappa shape index (κ1) is 6.47. The first-order valence-electron chi connectivity index (χ1n) is 2.56. The molecular formula is C5H5N3O2. The van der Waals surface area contributed by atoms with Crippen LogP contribution in [0, 0.1) is 0 Å². The molecule has 1 aromatic rings. The maximum Gasteiger partial charge on any atom is 0.328 e. The third kappa shape index (κ3) is 1.70. The fraction of sp³-hybridized carbons (Fsp3) is 0. The van der Waals surface area contributed by atoms with E-state index in [4.69, 9.17) is 5.11 Å². The van der Waals surface area contributed by atoms with Crippen molar-refractivity contribution in [2.75, 3.05) is 0 Å². The van der Waals surface area contributed by atoms with Crippen LogP contribution in [0.3, 0.4) is 0 Å². The van der Waals surface area contributed by atoms with Crippen LogP contribution in [0.1, 0.15) is 5.69 Å². The molecule has 0 aliphatic heterocycles. The van der Waals surface area contributed by atoms with Gasteiger partial charge >= 0.3 is 5.97 Å². The molecule has 5 heteroatoms. The van der Waals surface area contributed by atoms with E-state index in [2.05, 4.69) is 15.4 Å². The first-order chi connectivity index (χ1) is 4.79. The molecule has 0 saturated carbocycles. The molecule has 2 N–H and O–H groups in total. The molecule has 1 rings (SSSR count). The zero-order valence-corrected chi connectivity index (χ0v) is 4.98. The molecule has 0 aliphatic rings. The summed E-state index contributed by atoms with van der Waals surface area (Å²) >= 11 is 0. The van der Waals surface area contributed by atoms with Crippen LogP contribution in [-0.2, 0) is 4.79 Å². The zero-order valence-electron chi connectivity index (χ0n) is 4.98. The van der Waals surface area contributed by atoms with Crippen LogP contribution in [0.25, 0.3) is 6.08 Å². The standard InChI is InChI=1S/C5H5N3O2/c9-5(10)2-1-4-3-6-8-7-4/h1-3H,(H,9,10)(H,6,7,8)/b2-1+. The molecule has 52 valence electrons. The van der Waals surface area contributed by atoms with E-state index in [1.807, 2.05) is 0 Å². The van der Waals surface area contributed by atoms with Crippen molar-refractivity contribution in [1.29, 1.82) is 0 Å². The molecule has 1 aromatic heterocycles. The summed E-state index contributed by atoms with van der Waals surface area (Å²) < 4.78 is 0. The number of aromatic amines is 1. The van der Waals surface area contributed by atoms with Crippen LogP contribution >= 0.6 is 0 Å². The molecule has 5 nitrogen and oxygen atoms in total. The topological polar surface area (TPSA) is 78.9 Å². The fourth-order valence-corrected chi connectivity index (χ4v) is 0.447. The number of rotatable bonds is 2. The number of aromatic nitrogens is 3. The Labute approximate surface area is 56.4 Å². The number of carboxylic acid groups (broad SMARTS) is 1. The summed E-state index contributed by atoms with van der Waals surface area (Å²) in [6.07, 6.45) is 3.78. The minimum Gasteiger partial charge on any atom is -0.478 e. The van der Waals surface area contributed by atoms with Gasteiger partial charge in [0.1, 0.15) is 5.69 Å². The number of H-pyrrole nitrogens is 1. The van der Waals surface area contributed by atoms with Crippen molar-refractivity contribution in [3.05, 3.63) is 18.0 Å². The molecule has 0 spiro atoms. The van der Waals surface area contributed by atoms with Gasteiger partial charge in [0.15, 0.2) is 0 Å². The lowest BCUT2D eigenvalue weighted by Crippen LogP contribution is -1.85. The van der Waals surface area contributed by atoms with E-state index in [1.165, 1.54) is 12.3 Å². The third-order valence-electron chi connectivity index (χ3n) is 0.830. The Bertz CT molecular complexity index is 239. The molecule has 0 unspecified atom stereocenters. The van der Waals surface area contributed by atoms with Crippen molar-refractivity contribution in [1.82, 2.24) is 15.4 Å². The summed E-state index contributed by atoms with van der Waals surface area (Å²) in [7, 11) is 0. The molecule has 10 heavy (non-hydrogen) atoms. The Balaban J connectivity index is 2.64. The highest BCUT2D eigenvalue weighted by atomic mass is 16.4. The number of hydrogen-bond donors (Lipinski definition) is 2. The molecule has 0 bridgehead atoms. The Morgan fingerprint density at radius 3 is 3.10 bits per heavy atom. The second kappa shape index (κ2) is 2.77. The average molecular weight is 139 g/mol. The molecule has 0 radical (unpaired) electrons. The van der Waals surface area contributed by atoms with Gasteiger partial charge in [-0.2, -0.15) is 15.4 Å². The smallest absolute Gasteiger partial charge is 0.328 e. The summed E-state index contributed by atoms with van der Waals surface area (Å²) in [5, 5.41) is 17.6. The van der Waals surface area contributed by atoms with E-state index in [0.717, 1.165) is 6.08 Å². The quantitative estimate of drug-likeness (QED) is 0.561. The lowest BCUT2D eigenvalue weighted by molar-refractivity contribution is -0.131. The summed E-state index contributed by atoms with van der Waals surface area (Å²) in [4.78, 5) is 9.95. The Morgan fingerprint density at radius 1 is 1.80 bits per heavy atom. The van der Waals surface area contributed by atoms with Gasteiger partial charge in [-0.05, 0) is 6.08 Å².